The van der Waals surface area contributed by atoms with Crippen molar-refractivity contribution < 1.29 is 13.2 Å². The van der Waals surface area contributed by atoms with E-state index in [0.29, 0.717) is 5.56 Å². The Morgan fingerprint density at radius 2 is 1.72 bits per heavy atom. The van der Waals surface area contributed by atoms with E-state index in [1.165, 1.54) is 18.2 Å². The number of alkyl halides is 1. The highest BCUT2D eigenvalue weighted by atomic mass is 79.9. The normalized spacial score (nSPS) is 12.5. The molecule has 2 rings (SSSR count). The summed E-state index contributed by atoms with van der Waals surface area (Å²) in [7, 11) is 0. The van der Waals surface area contributed by atoms with Crippen LogP contribution in [0.2, 0.25) is 0 Å². The molecule has 0 bridgehead atoms. The minimum atomic E-state index is -0.941. The summed E-state index contributed by atoms with van der Waals surface area (Å²) in [5.74, 6) is -1.74. The van der Waals surface area contributed by atoms with Crippen molar-refractivity contribution in [2.45, 2.75) is 5.38 Å². The van der Waals surface area contributed by atoms with Crippen LogP contribution in [0, 0.1) is 17.5 Å². The van der Waals surface area contributed by atoms with Gasteiger partial charge < -0.3 is 0 Å². The Kier molecular flexibility index (Phi) is 3.97. The zero-order valence-corrected chi connectivity index (χ0v) is 11.3. The highest BCUT2D eigenvalue weighted by Crippen LogP contribution is 2.33. The summed E-state index contributed by atoms with van der Waals surface area (Å²) in [5, 5.41) is -0.941. The molecule has 0 aliphatic rings. The van der Waals surface area contributed by atoms with Crippen LogP contribution in [0.25, 0.3) is 0 Å². The molecular weight excluding hydrogens is 328 g/mol. The second-order valence-electron chi connectivity index (χ2n) is 3.71. The highest BCUT2D eigenvalue weighted by molar-refractivity contribution is 9.10. The van der Waals surface area contributed by atoms with Crippen LogP contribution in [0.3, 0.4) is 0 Å². The average molecular weight is 336 g/mol. The first-order chi connectivity index (χ1) is 8.49. The van der Waals surface area contributed by atoms with E-state index in [0.717, 1.165) is 12.1 Å². The quantitative estimate of drug-likeness (QED) is 0.523. The van der Waals surface area contributed by atoms with Crippen LogP contribution >= 0.6 is 27.5 Å². The Labute approximate surface area is 116 Å². The molecule has 5 heteroatoms. The molecule has 0 heterocycles. The third-order valence-corrected chi connectivity index (χ3v) is 3.55. The van der Waals surface area contributed by atoms with E-state index in [2.05, 4.69) is 15.9 Å². The molecule has 0 N–H and O–H groups in total. The molecule has 0 fully saturated rings. The van der Waals surface area contributed by atoms with Gasteiger partial charge in [-0.15, -0.1) is 11.6 Å². The summed E-state index contributed by atoms with van der Waals surface area (Å²) in [6.07, 6.45) is 0. The molecule has 1 unspecified atom stereocenters. The van der Waals surface area contributed by atoms with Crippen molar-refractivity contribution in [3.8, 4) is 0 Å². The van der Waals surface area contributed by atoms with Gasteiger partial charge in [0.15, 0.2) is 0 Å². The minimum absolute atomic E-state index is 0.0202. The molecule has 18 heavy (non-hydrogen) atoms. The van der Waals surface area contributed by atoms with Gasteiger partial charge in [0.05, 0.1) is 9.85 Å². The zero-order chi connectivity index (χ0) is 13.3. The lowest BCUT2D eigenvalue weighted by Crippen LogP contribution is -1.99. The molecule has 0 radical (unpaired) electrons. The molecule has 94 valence electrons. The van der Waals surface area contributed by atoms with Crippen molar-refractivity contribution in [3.05, 3.63) is 69.4 Å². The van der Waals surface area contributed by atoms with Gasteiger partial charge in [-0.3, -0.25) is 0 Å². The standard InChI is InChI=1S/C13H7BrClF3/c14-10-6-11(17)9(5-12(10)18)13(15)7-2-1-3-8(16)4-7/h1-6,13H. The van der Waals surface area contributed by atoms with Crippen molar-refractivity contribution in [2.75, 3.05) is 0 Å². The fraction of sp³-hybridized carbons (Fsp3) is 0.0769. The fourth-order valence-electron chi connectivity index (χ4n) is 1.58. The Morgan fingerprint density at radius 3 is 2.39 bits per heavy atom. The van der Waals surface area contributed by atoms with Crippen molar-refractivity contribution in [2.24, 2.45) is 0 Å². The van der Waals surface area contributed by atoms with Gasteiger partial charge in [-0.05, 0) is 45.8 Å². The summed E-state index contributed by atoms with van der Waals surface area (Å²) in [5.41, 5.74) is 0.347. The van der Waals surface area contributed by atoms with Gasteiger partial charge in [0, 0.05) is 5.56 Å². The van der Waals surface area contributed by atoms with Crippen molar-refractivity contribution in [1.29, 1.82) is 0 Å². The van der Waals surface area contributed by atoms with Crippen molar-refractivity contribution >= 4 is 27.5 Å². The maximum absolute atomic E-state index is 13.7. The van der Waals surface area contributed by atoms with E-state index in [4.69, 9.17) is 11.6 Å². The Balaban J connectivity index is 2.46. The minimum Gasteiger partial charge on any atom is -0.207 e. The van der Waals surface area contributed by atoms with Crippen LogP contribution in [0.15, 0.2) is 40.9 Å². The molecule has 0 saturated heterocycles. The van der Waals surface area contributed by atoms with E-state index in [1.807, 2.05) is 0 Å². The van der Waals surface area contributed by atoms with Crippen LogP contribution in [-0.2, 0) is 0 Å². The zero-order valence-electron chi connectivity index (χ0n) is 8.93. The fourth-order valence-corrected chi connectivity index (χ4v) is 2.19. The molecule has 0 saturated carbocycles. The van der Waals surface area contributed by atoms with Gasteiger partial charge in [0.1, 0.15) is 17.5 Å². The lowest BCUT2D eigenvalue weighted by molar-refractivity contribution is 0.581. The summed E-state index contributed by atoms with van der Waals surface area (Å²) >= 11 is 8.92. The summed E-state index contributed by atoms with van der Waals surface area (Å²) in [6.45, 7) is 0. The van der Waals surface area contributed by atoms with E-state index >= 15 is 0 Å². The smallest absolute Gasteiger partial charge is 0.137 e. The Bertz CT molecular complexity index is 586. The van der Waals surface area contributed by atoms with Crippen LogP contribution in [0.4, 0.5) is 13.2 Å². The maximum Gasteiger partial charge on any atom is 0.137 e. The number of rotatable bonds is 2. The number of hydrogen-bond donors (Lipinski definition) is 0. The second kappa shape index (κ2) is 5.33. The van der Waals surface area contributed by atoms with Crippen LogP contribution in [0.1, 0.15) is 16.5 Å². The van der Waals surface area contributed by atoms with Gasteiger partial charge in [-0.2, -0.15) is 0 Å². The lowest BCUT2D eigenvalue weighted by Gasteiger charge is -2.12. The van der Waals surface area contributed by atoms with Crippen LogP contribution in [-0.4, -0.2) is 0 Å². The Morgan fingerprint density at radius 1 is 1.00 bits per heavy atom. The van der Waals surface area contributed by atoms with Crippen LogP contribution in [0.5, 0.6) is 0 Å². The topological polar surface area (TPSA) is 0 Å². The van der Waals surface area contributed by atoms with Gasteiger partial charge >= 0.3 is 0 Å². The number of halogens is 5. The van der Waals surface area contributed by atoms with Gasteiger partial charge in [0.25, 0.3) is 0 Å². The number of benzene rings is 2. The van der Waals surface area contributed by atoms with Crippen LogP contribution < -0.4 is 0 Å². The molecule has 0 amide bonds. The van der Waals surface area contributed by atoms with E-state index in [1.54, 1.807) is 6.07 Å². The largest absolute Gasteiger partial charge is 0.207 e. The average Bonchev–Trinajstić information content (AvgIpc) is 2.33. The molecule has 2 aromatic rings. The molecule has 0 aromatic heterocycles. The summed E-state index contributed by atoms with van der Waals surface area (Å²) < 4.78 is 40.1. The first-order valence-corrected chi connectivity index (χ1v) is 6.26. The van der Waals surface area contributed by atoms with Gasteiger partial charge in [-0.25, -0.2) is 13.2 Å². The lowest BCUT2D eigenvalue weighted by atomic mass is 10.0. The van der Waals surface area contributed by atoms with Crippen molar-refractivity contribution in [3.63, 3.8) is 0 Å². The molecule has 1 atom stereocenters. The Hall–Kier alpha value is -1.00. The number of hydrogen-bond acceptors (Lipinski definition) is 0. The van der Waals surface area contributed by atoms with Gasteiger partial charge in [0.2, 0.25) is 0 Å². The molecule has 0 aliphatic carbocycles. The third kappa shape index (κ3) is 2.70. The van der Waals surface area contributed by atoms with E-state index in [9.17, 15) is 13.2 Å². The first kappa shape index (κ1) is 13.4. The monoisotopic (exact) mass is 334 g/mol. The predicted octanol–water partition coefficient (Wildman–Crippen LogP) is 5.19. The van der Waals surface area contributed by atoms with E-state index in [-0.39, 0.29) is 10.0 Å². The van der Waals surface area contributed by atoms with Crippen molar-refractivity contribution in [1.82, 2.24) is 0 Å². The maximum atomic E-state index is 13.7. The molecule has 0 aliphatic heterocycles. The summed E-state index contributed by atoms with van der Waals surface area (Å²) in [6, 6.07) is 7.47. The molecule has 2 aromatic carbocycles. The first-order valence-electron chi connectivity index (χ1n) is 5.03. The molecule has 0 spiro atoms. The third-order valence-electron chi connectivity index (χ3n) is 2.45. The predicted molar refractivity (Wildman–Crippen MR) is 68.2 cm³/mol. The SMILES string of the molecule is Fc1cccc(C(Cl)c2cc(F)c(Br)cc2F)c1. The highest BCUT2D eigenvalue weighted by Gasteiger charge is 2.18. The second-order valence-corrected chi connectivity index (χ2v) is 5.00. The van der Waals surface area contributed by atoms with E-state index < -0.39 is 22.8 Å². The van der Waals surface area contributed by atoms with Gasteiger partial charge in [-0.1, -0.05) is 12.1 Å². The molecular formula is C13H7BrClF3. The summed E-state index contributed by atoms with van der Waals surface area (Å²) in [4.78, 5) is 0. The molecule has 0 nitrogen and oxygen atoms in total.